The molecular formula is C21H22Cl2N4O. The van der Waals surface area contributed by atoms with E-state index in [4.69, 9.17) is 27.9 Å². The van der Waals surface area contributed by atoms with E-state index in [1.807, 2.05) is 58.0 Å². The second-order valence-corrected chi connectivity index (χ2v) is 7.40. The van der Waals surface area contributed by atoms with Gasteiger partial charge in [0.15, 0.2) is 0 Å². The lowest BCUT2D eigenvalue weighted by Crippen LogP contribution is -2.09. The summed E-state index contributed by atoms with van der Waals surface area (Å²) in [5, 5.41) is 4.34. The SMILES string of the molecule is Cc1nc(C)c(Cl)c(NCCc2ccc(Oc3nc(C)c(C)cc3Cl)cc2)n1. The molecule has 146 valence electrons. The van der Waals surface area contributed by atoms with Crippen LogP contribution in [0.15, 0.2) is 30.3 Å². The first kappa shape index (κ1) is 20.4. The lowest BCUT2D eigenvalue weighted by Gasteiger charge is -2.11. The molecule has 3 rings (SSSR count). The van der Waals surface area contributed by atoms with Gasteiger partial charge in [0.2, 0.25) is 5.88 Å². The number of hydrogen-bond acceptors (Lipinski definition) is 5. The molecule has 0 saturated carbocycles. The molecule has 3 aromatic rings. The molecule has 2 heterocycles. The number of pyridine rings is 1. The Labute approximate surface area is 175 Å². The number of aryl methyl sites for hydroxylation is 4. The average Bonchev–Trinajstić information content (AvgIpc) is 2.65. The third kappa shape index (κ3) is 4.91. The van der Waals surface area contributed by atoms with Crippen LogP contribution in [0.4, 0.5) is 5.82 Å². The van der Waals surface area contributed by atoms with Crippen molar-refractivity contribution in [1.29, 1.82) is 0 Å². The molecule has 0 amide bonds. The molecule has 2 aromatic heterocycles. The van der Waals surface area contributed by atoms with E-state index >= 15 is 0 Å². The van der Waals surface area contributed by atoms with Crippen LogP contribution in [0.3, 0.4) is 0 Å². The number of rotatable bonds is 6. The number of nitrogens with one attached hydrogen (secondary N) is 1. The number of nitrogens with zero attached hydrogens (tertiary/aromatic N) is 3. The first-order valence-electron chi connectivity index (χ1n) is 8.98. The number of hydrogen-bond donors (Lipinski definition) is 1. The summed E-state index contributed by atoms with van der Waals surface area (Å²) in [5.74, 6) is 2.48. The molecule has 0 radical (unpaired) electrons. The second kappa shape index (κ2) is 8.76. The summed E-state index contributed by atoms with van der Waals surface area (Å²) < 4.78 is 5.82. The first-order chi connectivity index (χ1) is 13.3. The van der Waals surface area contributed by atoms with E-state index in [1.165, 1.54) is 0 Å². The molecule has 1 N–H and O–H groups in total. The van der Waals surface area contributed by atoms with Crippen molar-refractivity contribution in [3.05, 3.63) is 68.7 Å². The van der Waals surface area contributed by atoms with E-state index in [0.717, 1.165) is 28.9 Å². The van der Waals surface area contributed by atoms with Gasteiger partial charge in [-0.05, 0) is 63.4 Å². The van der Waals surface area contributed by atoms with Gasteiger partial charge in [0.1, 0.15) is 27.4 Å². The van der Waals surface area contributed by atoms with Gasteiger partial charge < -0.3 is 10.1 Å². The van der Waals surface area contributed by atoms with Crippen molar-refractivity contribution in [1.82, 2.24) is 15.0 Å². The van der Waals surface area contributed by atoms with Gasteiger partial charge in [-0.1, -0.05) is 35.3 Å². The van der Waals surface area contributed by atoms with Crippen LogP contribution < -0.4 is 10.1 Å². The van der Waals surface area contributed by atoms with Gasteiger partial charge in [0, 0.05) is 12.2 Å². The second-order valence-electron chi connectivity index (χ2n) is 6.62. The highest BCUT2D eigenvalue weighted by Crippen LogP contribution is 2.29. The highest BCUT2D eigenvalue weighted by molar-refractivity contribution is 6.33. The van der Waals surface area contributed by atoms with Crippen molar-refractivity contribution < 1.29 is 4.74 Å². The average molecular weight is 417 g/mol. The van der Waals surface area contributed by atoms with Gasteiger partial charge in [-0.25, -0.2) is 15.0 Å². The third-order valence-electron chi connectivity index (χ3n) is 4.36. The smallest absolute Gasteiger partial charge is 0.238 e. The molecule has 0 saturated heterocycles. The minimum atomic E-state index is 0.420. The van der Waals surface area contributed by atoms with Crippen LogP contribution in [-0.4, -0.2) is 21.5 Å². The zero-order valence-corrected chi connectivity index (χ0v) is 17.8. The van der Waals surface area contributed by atoms with E-state index in [-0.39, 0.29) is 0 Å². The van der Waals surface area contributed by atoms with Crippen LogP contribution in [0, 0.1) is 27.7 Å². The maximum Gasteiger partial charge on any atom is 0.238 e. The summed E-state index contributed by atoms with van der Waals surface area (Å²) in [6.45, 7) is 8.33. The van der Waals surface area contributed by atoms with E-state index in [2.05, 4.69) is 20.3 Å². The first-order valence-corrected chi connectivity index (χ1v) is 9.74. The third-order valence-corrected chi connectivity index (χ3v) is 5.08. The molecule has 1 aromatic carbocycles. The Morgan fingerprint density at radius 3 is 2.36 bits per heavy atom. The summed E-state index contributed by atoms with van der Waals surface area (Å²) in [6, 6.07) is 9.72. The van der Waals surface area contributed by atoms with E-state index in [9.17, 15) is 0 Å². The highest BCUT2D eigenvalue weighted by atomic mass is 35.5. The summed E-state index contributed by atoms with van der Waals surface area (Å²) in [5.41, 5.74) is 3.87. The maximum atomic E-state index is 6.26. The molecule has 0 spiro atoms. The Balaban J connectivity index is 1.60. The molecule has 0 aliphatic carbocycles. The minimum Gasteiger partial charge on any atom is -0.438 e. The fourth-order valence-electron chi connectivity index (χ4n) is 2.70. The monoisotopic (exact) mass is 416 g/mol. The molecule has 5 nitrogen and oxygen atoms in total. The van der Waals surface area contributed by atoms with Crippen LogP contribution in [-0.2, 0) is 6.42 Å². The molecule has 0 aliphatic rings. The topological polar surface area (TPSA) is 59.9 Å². The number of ether oxygens (including phenoxy) is 1. The fraction of sp³-hybridized carbons (Fsp3) is 0.286. The number of benzene rings is 1. The van der Waals surface area contributed by atoms with Crippen LogP contribution in [0.1, 0.15) is 28.3 Å². The van der Waals surface area contributed by atoms with Gasteiger partial charge in [0.25, 0.3) is 0 Å². The Kier molecular flexibility index (Phi) is 6.37. The Morgan fingerprint density at radius 1 is 0.929 bits per heavy atom. The molecule has 0 atom stereocenters. The van der Waals surface area contributed by atoms with Gasteiger partial charge in [-0.2, -0.15) is 0 Å². The van der Waals surface area contributed by atoms with Gasteiger partial charge >= 0.3 is 0 Å². The summed E-state index contributed by atoms with van der Waals surface area (Å²) in [6.07, 6.45) is 0.821. The predicted molar refractivity (Wildman–Crippen MR) is 114 cm³/mol. The summed E-state index contributed by atoms with van der Waals surface area (Å²) >= 11 is 12.5. The number of anilines is 1. The minimum absolute atomic E-state index is 0.420. The van der Waals surface area contributed by atoms with Crippen molar-refractivity contribution in [2.75, 3.05) is 11.9 Å². The Hall–Kier alpha value is -2.37. The Morgan fingerprint density at radius 2 is 1.64 bits per heavy atom. The number of aromatic nitrogens is 3. The standard InChI is InChI=1S/C21H22Cl2N4O/c1-12-11-18(22)21(26-13(12)2)28-17-7-5-16(6-8-17)9-10-24-20-19(23)14(3)25-15(4)27-20/h5-8,11H,9-10H2,1-4H3,(H,24,25,27). The Bertz CT molecular complexity index is 991. The zero-order valence-electron chi connectivity index (χ0n) is 16.3. The zero-order chi connectivity index (χ0) is 20.3. The van der Waals surface area contributed by atoms with Crippen molar-refractivity contribution in [2.24, 2.45) is 0 Å². The van der Waals surface area contributed by atoms with E-state index in [1.54, 1.807) is 0 Å². The van der Waals surface area contributed by atoms with Crippen molar-refractivity contribution in [3.8, 4) is 11.6 Å². The van der Waals surface area contributed by atoms with Crippen LogP contribution in [0.2, 0.25) is 10.0 Å². The normalized spacial score (nSPS) is 10.8. The van der Waals surface area contributed by atoms with Crippen molar-refractivity contribution in [2.45, 2.75) is 34.1 Å². The van der Waals surface area contributed by atoms with Gasteiger partial charge in [0.05, 0.1) is 5.69 Å². The lowest BCUT2D eigenvalue weighted by atomic mass is 10.1. The van der Waals surface area contributed by atoms with E-state index < -0.39 is 0 Å². The van der Waals surface area contributed by atoms with Gasteiger partial charge in [-0.15, -0.1) is 0 Å². The molecular weight excluding hydrogens is 395 g/mol. The molecule has 0 aliphatic heterocycles. The summed E-state index contributed by atoms with van der Waals surface area (Å²) in [4.78, 5) is 13.0. The highest BCUT2D eigenvalue weighted by Gasteiger charge is 2.09. The quantitative estimate of drug-likeness (QED) is 0.545. The predicted octanol–water partition coefficient (Wildman–Crippen LogP) is 5.86. The molecule has 0 fully saturated rings. The van der Waals surface area contributed by atoms with Gasteiger partial charge in [-0.3, -0.25) is 0 Å². The largest absolute Gasteiger partial charge is 0.438 e. The maximum absolute atomic E-state index is 6.26. The molecule has 7 heteroatoms. The summed E-state index contributed by atoms with van der Waals surface area (Å²) in [7, 11) is 0. The van der Waals surface area contributed by atoms with Crippen molar-refractivity contribution in [3.63, 3.8) is 0 Å². The molecule has 0 unspecified atom stereocenters. The van der Waals surface area contributed by atoms with Crippen LogP contribution in [0.5, 0.6) is 11.6 Å². The van der Waals surface area contributed by atoms with Crippen LogP contribution in [0.25, 0.3) is 0 Å². The lowest BCUT2D eigenvalue weighted by molar-refractivity contribution is 0.461. The molecule has 0 bridgehead atoms. The fourth-order valence-corrected chi connectivity index (χ4v) is 3.09. The van der Waals surface area contributed by atoms with Crippen molar-refractivity contribution >= 4 is 29.0 Å². The number of halogens is 2. The van der Waals surface area contributed by atoms with E-state index in [0.29, 0.717) is 39.9 Å². The molecule has 28 heavy (non-hydrogen) atoms. The van der Waals surface area contributed by atoms with Crippen LogP contribution >= 0.6 is 23.2 Å².